The molecule has 1 unspecified atom stereocenters. The van der Waals surface area contributed by atoms with Crippen molar-refractivity contribution in [2.75, 3.05) is 7.05 Å². The quantitative estimate of drug-likeness (QED) is 0.848. The molecule has 20 heavy (non-hydrogen) atoms. The molecule has 0 aliphatic rings. The Morgan fingerprint density at radius 2 is 2.05 bits per heavy atom. The highest BCUT2D eigenvalue weighted by molar-refractivity contribution is 6.42. The molecule has 4 nitrogen and oxygen atoms in total. The second kappa shape index (κ2) is 7.31. The molecule has 0 fully saturated rings. The standard InChI is InChI=1S/C14H15Cl2NO3/c1-3-11(14(19)20)17(2)12(18)8-7-9-5-4-6-10(15)13(9)16/h4-8,11H,3H2,1-2H3,(H,19,20). The topological polar surface area (TPSA) is 57.6 Å². The largest absolute Gasteiger partial charge is 0.480 e. The zero-order valence-corrected chi connectivity index (χ0v) is 12.6. The SMILES string of the molecule is CCC(C(=O)O)N(C)C(=O)C=Cc1cccc(Cl)c1Cl. The lowest BCUT2D eigenvalue weighted by atomic mass is 10.2. The highest BCUT2D eigenvalue weighted by Gasteiger charge is 2.23. The van der Waals surface area contributed by atoms with E-state index in [2.05, 4.69) is 0 Å². The van der Waals surface area contributed by atoms with Crippen molar-refractivity contribution < 1.29 is 14.7 Å². The van der Waals surface area contributed by atoms with Gasteiger partial charge in [0.05, 0.1) is 10.0 Å². The Labute approximate surface area is 127 Å². The van der Waals surface area contributed by atoms with Crippen LogP contribution in [0.15, 0.2) is 24.3 Å². The highest BCUT2D eigenvalue weighted by Crippen LogP contribution is 2.26. The van der Waals surface area contributed by atoms with E-state index in [1.807, 2.05) is 0 Å². The van der Waals surface area contributed by atoms with E-state index in [-0.39, 0.29) is 0 Å². The molecule has 0 aromatic heterocycles. The number of aliphatic carboxylic acids is 1. The number of carbonyl (C=O) groups is 2. The summed E-state index contributed by atoms with van der Waals surface area (Å²) in [4.78, 5) is 24.1. The molecule has 1 aromatic rings. The Morgan fingerprint density at radius 1 is 1.40 bits per heavy atom. The molecule has 0 heterocycles. The number of carboxylic acids is 1. The summed E-state index contributed by atoms with van der Waals surface area (Å²) >= 11 is 11.9. The van der Waals surface area contributed by atoms with Gasteiger partial charge in [-0.2, -0.15) is 0 Å². The van der Waals surface area contributed by atoms with Crippen LogP contribution < -0.4 is 0 Å². The van der Waals surface area contributed by atoms with Gasteiger partial charge < -0.3 is 10.0 Å². The van der Waals surface area contributed by atoms with E-state index in [1.54, 1.807) is 25.1 Å². The molecule has 0 saturated carbocycles. The van der Waals surface area contributed by atoms with Crippen molar-refractivity contribution in [1.82, 2.24) is 4.90 Å². The lowest BCUT2D eigenvalue weighted by Gasteiger charge is -2.22. The minimum atomic E-state index is -1.03. The van der Waals surface area contributed by atoms with E-state index >= 15 is 0 Å². The summed E-state index contributed by atoms with van der Waals surface area (Å²) in [6, 6.07) is 4.23. The van der Waals surface area contributed by atoms with Crippen LogP contribution in [0.4, 0.5) is 0 Å². The molecule has 1 aromatic carbocycles. The molecule has 0 aliphatic carbocycles. The molecule has 0 radical (unpaired) electrons. The fourth-order valence-corrected chi connectivity index (χ4v) is 2.07. The third-order valence-electron chi connectivity index (χ3n) is 2.87. The van der Waals surface area contributed by atoms with Crippen LogP contribution in [0.5, 0.6) is 0 Å². The molecule has 1 atom stereocenters. The van der Waals surface area contributed by atoms with Crippen LogP contribution in [-0.4, -0.2) is 35.0 Å². The number of hydrogen-bond acceptors (Lipinski definition) is 2. The van der Waals surface area contributed by atoms with E-state index in [9.17, 15) is 9.59 Å². The van der Waals surface area contributed by atoms with Gasteiger partial charge in [-0.1, -0.05) is 42.3 Å². The summed E-state index contributed by atoms with van der Waals surface area (Å²) in [6.07, 6.45) is 3.13. The Bertz CT molecular complexity index is 543. The number of benzene rings is 1. The van der Waals surface area contributed by atoms with Gasteiger partial charge in [-0.15, -0.1) is 0 Å². The van der Waals surface area contributed by atoms with Crippen LogP contribution in [0, 0.1) is 0 Å². The Morgan fingerprint density at radius 3 is 2.60 bits per heavy atom. The molecule has 6 heteroatoms. The van der Waals surface area contributed by atoms with Gasteiger partial charge in [0.25, 0.3) is 0 Å². The maximum absolute atomic E-state index is 11.9. The van der Waals surface area contributed by atoms with Crippen molar-refractivity contribution in [2.24, 2.45) is 0 Å². The fourth-order valence-electron chi connectivity index (χ4n) is 1.70. The Kier molecular flexibility index (Phi) is 6.05. The molecule has 0 aliphatic heterocycles. The molecule has 0 spiro atoms. The van der Waals surface area contributed by atoms with Gasteiger partial charge in [-0.05, 0) is 24.1 Å². The van der Waals surface area contributed by atoms with Crippen molar-refractivity contribution in [3.05, 3.63) is 39.9 Å². The lowest BCUT2D eigenvalue weighted by molar-refractivity contribution is -0.147. The van der Waals surface area contributed by atoms with E-state index in [0.717, 1.165) is 0 Å². The van der Waals surface area contributed by atoms with Crippen molar-refractivity contribution in [2.45, 2.75) is 19.4 Å². The van der Waals surface area contributed by atoms with E-state index in [1.165, 1.54) is 24.1 Å². The molecule has 1 rings (SSSR count). The first-order valence-electron chi connectivity index (χ1n) is 6.00. The van der Waals surface area contributed by atoms with E-state index in [4.69, 9.17) is 28.3 Å². The second-order valence-corrected chi connectivity index (χ2v) is 4.97. The molecule has 0 bridgehead atoms. The van der Waals surface area contributed by atoms with Crippen LogP contribution >= 0.6 is 23.2 Å². The zero-order valence-electron chi connectivity index (χ0n) is 11.1. The van der Waals surface area contributed by atoms with Crippen LogP contribution in [0.3, 0.4) is 0 Å². The van der Waals surface area contributed by atoms with Gasteiger partial charge in [0.1, 0.15) is 6.04 Å². The summed E-state index contributed by atoms with van der Waals surface area (Å²) in [5.41, 5.74) is 0.601. The van der Waals surface area contributed by atoms with Gasteiger partial charge in [-0.3, -0.25) is 4.79 Å². The monoisotopic (exact) mass is 315 g/mol. The third kappa shape index (κ3) is 3.99. The van der Waals surface area contributed by atoms with E-state index < -0.39 is 17.9 Å². The van der Waals surface area contributed by atoms with Gasteiger partial charge in [0, 0.05) is 13.1 Å². The summed E-state index contributed by atoms with van der Waals surface area (Å²) in [7, 11) is 1.45. The number of nitrogens with zero attached hydrogens (tertiary/aromatic N) is 1. The number of halogens is 2. The molecule has 1 N–H and O–H groups in total. The number of carbonyl (C=O) groups excluding carboxylic acids is 1. The molecular formula is C14H15Cl2NO3. The fraction of sp³-hybridized carbons (Fsp3) is 0.286. The summed E-state index contributed by atoms with van der Waals surface area (Å²) in [6.45, 7) is 1.71. The molecular weight excluding hydrogens is 301 g/mol. The van der Waals surface area contributed by atoms with Gasteiger partial charge in [0.2, 0.25) is 5.91 Å². The summed E-state index contributed by atoms with van der Waals surface area (Å²) < 4.78 is 0. The number of hydrogen-bond donors (Lipinski definition) is 1. The Hall–Kier alpha value is -1.52. The average molecular weight is 316 g/mol. The minimum absolute atomic E-state index is 0.337. The first kappa shape index (κ1) is 16.5. The summed E-state index contributed by atoms with van der Waals surface area (Å²) in [5.74, 6) is -1.44. The van der Waals surface area contributed by atoms with Gasteiger partial charge in [-0.25, -0.2) is 4.79 Å². The maximum Gasteiger partial charge on any atom is 0.326 e. The van der Waals surface area contributed by atoms with Crippen molar-refractivity contribution in [1.29, 1.82) is 0 Å². The average Bonchev–Trinajstić information content (AvgIpc) is 2.40. The Balaban J connectivity index is 2.87. The lowest BCUT2D eigenvalue weighted by Crippen LogP contribution is -2.41. The molecule has 0 saturated heterocycles. The number of likely N-dealkylation sites (N-methyl/N-ethyl adjacent to an activating group) is 1. The summed E-state index contributed by atoms with van der Waals surface area (Å²) in [5, 5.41) is 9.75. The van der Waals surface area contributed by atoms with Crippen LogP contribution in [0.1, 0.15) is 18.9 Å². The van der Waals surface area contributed by atoms with Crippen molar-refractivity contribution in [3.63, 3.8) is 0 Å². The zero-order chi connectivity index (χ0) is 15.3. The van der Waals surface area contributed by atoms with Crippen LogP contribution in [-0.2, 0) is 9.59 Å². The number of amides is 1. The van der Waals surface area contributed by atoms with Gasteiger partial charge >= 0.3 is 5.97 Å². The smallest absolute Gasteiger partial charge is 0.326 e. The third-order valence-corrected chi connectivity index (χ3v) is 3.71. The molecule has 108 valence electrons. The predicted octanol–water partition coefficient (Wildman–Crippen LogP) is 3.33. The second-order valence-electron chi connectivity index (χ2n) is 4.19. The van der Waals surface area contributed by atoms with Crippen molar-refractivity contribution >= 4 is 41.2 Å². The first-order valence-corrected chi connectivity index (χ1v) is 6.75. The number of rotatable bonds is 5. The van der Waals surface area contributed by atoms with Crippen LogP contribution in [0.25, 0.3) is 6.08 Å². The van der Waals surface area contributed by atoms with Crippen LogP contribution in [0.2, 0.25) is 10.0 Å². The minimum Gasteiger partial charge on any atom is -0.480 e. The highest BCUT2D eigenvalue weighted by atomic mass is 35.5. The normalized spacial score (nSPS) is 12.4. The van der Waals surface area contributed by atoms with Crippen molar-refractivity contribution in [3.8, 4) is 0 Å². The molecule has 1 amide bonds. The maximum atomic E-state index is 11.9. The van der Waals surface area contributed by atoms with E-state index in [0.29, 0.717) is 22.0 Å². The van der Waals surface area contributed by atoms with Gasteiger partial charge in [0.15, 0.2) is 0 Å². The predicted molar refractivity (Wildman–Crippen MR) is 80.0 cm³/mol. The first-order chi connectivity index (χ1) is 9.38. The number of carboxylic acid groups (broad SMARTS) is 1.